The third kappa shape index (κ3) is 1.88. The lowest BCUT2D eigenvalue weighted by molar-refractivity contribution is 0.134. The summed E-state index contributed by atoms with van der Waals surface area (Å²) in [7, 11) is 0. The highest BCUT2D eigenvalue weighted by atomic mass is 32.2. The Balaban J connectivity index is 1.69. The summed E-state index contributed by atoms with van der Waals surface area (Å²) >= 11 is 3.64. The van der Waals surface area contributed by atoms with E-state index >= 15 is 0 Å². The van der Waals surface area contributed by atoms with E-state index in [9.17, 15) is 0 Å². The van der Waals surface area contributed by atoms with Crippen LogP contribution in [-0.2, 0) is 4.74 Å². The van der Waals surface area contributed by atoms with E-state index in [1.807, 2.05) is 18.0 Å². The van der Waals surface area contributed by atoms with Crippen LogP contribution in [0.1, 0.15) is 0 Å². The molecule has 80 valence electrons. The summed E-state index contributed by atoms with van der Waals surface area (Å²) in [5.74, 6) is 2.88. The van der Waals surface area contributed by atoms with Gasteiger partial charge in [0, 0.05) is 17.7 Å². The van der Waals surface area contributed by atoms with Crippen LogP contribution in [0.25, 0.3) is 0 Å². The van der Waals surface area contributed by atoms with Crippen LogP contribution < -0.4 is 5.32 Å². The topological polar surface area (TPSA) is 46.0 Å². The Labute approximate surface area is 96.7 Å². The zero-order valence-electron chi connectivity index (χ0n) is 8.05. The van der Waals surface area contributed by atoms with Crippen molar-refractivity contribution in [3.05, 3.63) is 12.5 Å². The molecule has 3 rings (SSSR count). The van der Waals surface area contributed by atoms with Gasteiger partial charge in [-0.3, -0.25) is 9.98 Å². The van der Waals surface area contributed by atoms with Gasteiger partial charge in [-0.25, -0.2) is 0 Å². The smallest absolute Gasteiger partial charge is 0.192 e. The highest BCUT2D eigenvalue weighted by molar-refractivity contribution is 8.16. The van der Waals surface area contributed by atoms with Crippen LogP contribution in [0, 0.1) is 0 Å². The molecule has 0 aromatic rings. The first-order chi connectivity index (χ1) is 7.43. The molecule has 0 spiro atoms. The Morgan fingerprint density at radius 3 is 3.27 bits per heavy atom. The Morgan fingerprint density at radius 1 is 1.53 bits per heavy atom. The average Bonchev–Trinajstić information content (AvgIpc) is 3.02. The number of aliphatic imine (C=N–C) groups is 2. The molecule has 3 aliphatic rings. The maximum Gasteiger partial charge on any atom is 0.192 e. The van der Waals surface area contributed by atoms with Crippen molar-refractivity contribution < 1.29 is 4.74 Å². The minimum absolute atomic E-state index is 0.0182. The highest BCUT2D eigenvalue weighted by Crippen LogP contribution is 2.26. The zero-order chi connectivity index (χ0) is 10.1. The van der Waals surface area contributed by atoms with Crippen molar-refractivity contribution in [1.82, 2.24) is 5.32 Å². The highest BCUT2D eigenvalue weighted by Gasteiger charge is 2.30. The minimum atomic E-state index is 0.0182. The summed E-state index contributed by atoms with van der Waals surface area (Å²) < 4.78 is 5.39. The molecule has 0 bridgehead atoms. The van der Waals surface area contributed by atoms with Crippen molar-refractivity contribution in [1.29, 1.82) is 0 Å². The van der Waals surface area contributed by atoms with E-state index in [2.05, 4.69) is 15.3 Å². The molecule has 2 unspecified atom stereocenters. The van der Waals surface area contributed by atoms with E-state index in [1.165, 1.54) is 5.71 Å². The van der Waals surface area contributed by atoms with Crippen LogP contribution in [0.3, 0.4) is 0 Å². The van der Waals surface area contributed by atoms with Crippen molar-refractivity contribution in [2.24, 2.45) is 9.98 Å². The predicted molar refractivity (Wildman–Crippen MR) is 65.6 cm³/mol. The summed E-state index contributed by atoms with van der Waals surface area (Å²) in [6, 6.07) is 0.216. The molecular formula is C9H11N3OS2. The fourth-order valence-electron chi connectivity index (χ4n) is 1.64. The van der Waals surface area contributed by atoms with E-state index in [0.29, 0.717) is 0 Å². The molecule has 15 heavy (non-hydrogen) atoms. The van der Waals surface area contributed by atoms with Gasteiger partial charge in [-0.05, 0) is 0 Å². The molecule has 4 nitrogen and oxygen atoms in total. The normalized spacial score (nSPS) is 33.6. The van der Waals surface area contributed by atoms with E-state index in [0.717, 1.165) is 22.4 Å². The summed E-state index contributed by atoms with van der Waals surface area (Å²) in [6.45, 7) is 0. The van der Waals surface area contributed by atoms with Gasteiger partial charge in [0.15, 0.2) is 6.23 Å². The molecule has 0 amide bonds. The van der Waals surface area contributed by atoms with Crippen LogP contribution in [0.2, 0.25) is 0 Å². The minimum Gasteiger partial charge on any atom is -0.475 e. The Kier molecular flexibility index (Phi) is 2.62. The van der Waals surface area contributed by atoms with Crippen LogP contribution in [0.5, 0.6) is 0 Å². The fraction of sp³-hybridized carbons (Fsp3) is 0.556. The molecule has 0 aromatic carbocycles. The molecule has 0 aromatic heterocycles. The first-order valence-corrected chi connectivity index (χ1v) is 6.96. The van der Waals surface area contributed by atoms with E-state index in [4.69, 9.17) is 4.74 Å². The maximum absolute atomic E-state index is 5.39. The molecule has 3 aliphatic heterocycles. The predicted octanol–water partition coefficient (Wildman–Crippen LogP) is 1.06. The molecule has 0 fully saturated rings. The van der Waals surface area contributed by atoms with Crippen molar-refractivity contribution in [3.8, 4) is 0 Å². The first-order valence-electron chi connectivity index (χ1n) is 4.82. The lowest BCUT2D eigenvalue weighted by Crippen LogP contribution is -2.34. The molecule has 1 N–H and O–H groups in total. The molecule has 3 heterocycles. The number of hydrogen-bond donors (Lipinski definition) is 1. The lowest BCUT2D eigenvalue weighted by atomic mass is 10.3. The van der Waals surface area contributed by atoms with Crippen LogP contribution >= 0.6 is 23.5 Å². The van der Waals surface area contributed by atoms with E-state index in [-0.39, 0.29) is 12.3 Å². The van der Waals surface area contributed by atoms with Gasteiger partial charge in [0.05, 0.1) is 11.6 Å². The van der Waals surface area contributed by atoms with E-state index in [1.54, 1.807) is 18.0 Å². The number of rotatable bonds is 2. The number of hydrogen-bond acceptors (Lipinski definition) is 6. The van der Waals surface area contributed by atoms with E-state index < -0.39 is 0 Å². The van der Waals surface area contributed by atoms with Crippen LogP contribution in [0.15, 0.2) is 22.4 Å². The molecule has 6 heteroatoms. The second-order valence-corrected chi connectivity index (χ2v) is 5.38. The van der Waals surface area contributed by atoms with Gasteiger partial charge in [-0.1, -0.05) is 0 Å². The summed E-state index contributed by atoms with van der Waals surface area (Å²) in [5.41, 5.74) is 1.17. The zero-order valence-corrected chi connectivity index (χ0v) is 9.68. The monoisotopic (exact) mass is 241 g/mol. The standard InChI is InChI=1S/C9H11N3OS2/c1-2-13-8(10-1)6-4-15-9(12-6)7-3-14-5-11-7/h1-2,6,8,10H,3-5H2. The SMILES string of the molecule is C1=COC(C2CSC(C3=NCSC3)=N2)N1. The number of thioether (sulfide) groups is 2. The van der Waals surface area contributed by atoms with Crippen LogP contribution in [0.4, 0.5) is 0 Å². The van der Waals surface area contributed by atoms with Crippen molar-refractivity contribution in [2.75, 3.05) is 17.4 Å². The van der Waals surface area contributed by atoms with Crippen molar-refractivity contribution in [2.45, 2.75) is 12.3 Å². The summed E-state index contributed by atoms with van der Waals surface area (Å²) in [4.78, 5) is 9.09. The average molecular weight is 241 g/mol. The Morgan fingerprint density at radius 2 is 2.53 bits per heavy atom. The second kappa shape index (κ2) is 4.09. The summed E-state index contributed by atoms with van der Waals surface area (Å²) in [6.07, 6.45) is 3.53. The largest absolute Gasteiger partial charge is 0.475 e. The second-order valence-electron chi connectivity index (χ2n) is 3.42. The summed E-state index contributed by atoms with van der Waals surface area (Å²) in [5, 5.41) is 4.25. The van der Waals surface area contributed by atoms with Gasteiger partial charge in [-0.15, -0.1) is 23.5 Å². The Hall–Kier alpha value is -0.620. The fourth-order valence-corrected chi connectivity index (χ4v) is 3.58. The number of nitrogens with zero attached hydrogens (tertiary/aromatic N) is 2. The van der Waals surface area contributed by atoms with Gasteiger partial charge < -0.3 is 10.1 Å². The van der Waals surface area contributed by atoms with Crippen molar-refractivity contribution in [3.63, 3.8) is 0 Å². The number of ether oxygens (including phenoxy) is 1. The lowest BCUT2D eigenvalue weighted by Gasteiger charge is -2.14. The maximum atomic E-state index is 5.39. The molecule has 0 radical (unpaired) electrons. The number of nitrogens with one attached hydrogen (secondary N) is 1. The molecular weight excluding hydrogens is 230 g/mol. The molecule has 0 aliphatic carbocycles. The quantitative estimate of drug-likeness (QED) is 0.785. The third-order valence-corrected chi connectivity index (χ3v) is 4.32. The molecule has 2 atom stereocenters. The van der Waals surface area contributed by atoms with Crippen LogP contribution in [-0.4, -0.2) is 40.4 Å². The van der Waals surface area contributed by atoms with Gasteiger partial charge >= 0.3 is 0 Å². The molecule has 0 saturated heterocycles. The third-order valence-electron chi connectivity index (χ3n) is 2.41. The van der Waals surface area contributed by atoms with Crippen molar-refractivity contribution >= 4 is 34.3 Å². The Bertz CT molecular complexity index is 345. The van der Waals surface area contributed by atoms with Gasteiger partial charge in [0.2, 0.25) is 0 Å². The molecule has 0 saturated carbocycles. The van der Waals surface area contributed by atoms with Gasteiger partial charge in [0.25, 0.3) is 0 Å². The van der Waals surface area contributed by atoms with Gasteiger partial charge in [-0.2, -0.15) is 0 Å². The van der Waals surface area contributed by atoms with Gasteiger partial charge in [0.1, 0.15) is 17.3 Å². The first kappa shape index (κ1) is 9.59.